The van der Waals surface area contributed by atoms with Crippen LogP contribution in [0, 0.1) is 11.8 Å². The summed E-state index contributed by atoms with van der Waals surface area (Å²) in [7, 11) is 0. The highest BCUT2D eigenvalue weighted by atomic mass is 16.2. The summed E-state index contributed by atoms with van der Waals surface area (Å²) in [5, 5.41) is 3.18. The largest absolute Gasteiger partial charge is 0.336 e. The third-order valence-corrected chi connectivity index (χ3v) is 5.04. The van der Waals surface area contributed by atoms with E-state index in [1.807, 2.05) is 4.90 Å². The maximum atomic E-state index is 12.4. The number of hydrogen-bond acceptors (Lipinski definition) is 2. The van der Waals surface area contributed by atoms with Gasteiger partial charge in [0.2, 0.25) is 0 Å². The Labute approximate surface area is 130 Å². The maximum absolute atomic E-state index is 12.4. The third-order valence-electron chi connectivity index (χ3n) is 5.04. The number of carbonyl (C=O) groups is 1. The molecule has 21 heavy (non-hydrogen) atoms. The molecule has 1 N–H and O–H groups in total. The first-order valence-corrected chi connectivity index (χ1v) is 8.66. The Balaban J connectivity index is 1.82. The van der Waals surface area contributed by atoms with Gasteiger partial charge in [-0.3, -0.25) is 4.90 Å². The minimum absolute atomic E-state index is 0.0586. The van der Waals surface area contributed by atoms with E-state index < -0.39 is 0 Å². The first kappa shape index (κ1) is 16.6. The quantitative estimate of drug-likeness (QED) is 0.869. The molecule has 0 radical (unpaired) electrons. The van der Waals surface area contributed by atoms with Crippen LogP contribution in [-0.2, 0) is 0 Å². The van der Waals surface area contributed by atoms with Crippen molar-refractivity contribution in [3.05, 3.63) is 0 Å². The molecule has 2 amide bonds. The summed E-state index contributed by atoms with van der Waals surface area (Å²) in [6.07, 6.45) is 5.17. The summed E-state index contributed by atoms with van der Waals surface area (Å²) < 4.78 is 0. The van der Waals surface area contributed by atoms with Crippen LogP contribution in [0.1, 0.15) is 53.4 Å². The van der Waals surface area contributed by atoms with Crippen LogP contribution in [-0.4, -0.2) is 54.1 Å². The van der Waals surface area contributed by atoms with E-state index in [1.54, 1.807) is 0 Å². The van der Waals surface area contributed by atoms with Gasteiger partial charge in [-0.25, -0.2) is 4.79 Å². The van der Waals surface area contributed by atoms with Gasteiger partial charge in [0.05, 0.1) is 0 Å². The smallest absolute Gasteiger partial charge is 0.317 e. The fourth-order valence-electron chi connectivity index (χ4n) is 3.84. The van der Waals surface area contributed by atoms with Crippen molar-refractivity contribution >= 4 is 6.03 Å². The van der Waals surface area contributed by atoms with Gasteiger partial charge in [-0.15, -0.1) is 0 Å². The standard InChI is InChI=1S/C17H33N3O/c1-14-10-15(2)12-19(11-14)16(21)18-13-17(3,4)20-8-6-5-7-9-20/h14-15H,5-13H2,1-4H3,(H,18,21). The lowest BCUT2D eigenvalue weighted by Crippen LogP contribution is -2.56. The SMILES string of the molecule is CC1CC(C)CN(C(=O)NCC(C)(C)N2CCCCC2)C1. The van der Waals surface area contributed by atoms with Crippen LogP contribution in [0.5, 0.6) is 0 Å². The summed E-state index contributed by atoms with van der Waals surface area (Å²) in [5.74, 6) is 1.24. The predicted molar refractivity (Wildman–Crippen MR) is 87.4 cm³/mol. The zero-order valence-electron chi connectivity index (χ0n) is 14.3. The zero-order valence-corrected chi connectivity index (χ0v) is 14.3. The maximum Gasteiger partial charge on any atom is 0.317 e. The number of urea groups is 1. The van der Waals surface area contributed by atoms with E-state index in [9.17, 15) is 4.79 Å². The minimum atomic E-state index is 0.0586. The van der Waals surface area contributed by atoms with Crippen LogP contribution < -0.4 is 5.32 Å². The van der Waals surface area contributed by atoms with E-state index in [4.69, 9.17) is 0 Å². The lowest BCUT2D eigenvalue weighted by Gasteiger charge is -2.42. The first-order valence-electron chi connectivity index (χ1n) is 8.66. The van der Waals surface area contributed by atoms with Crippen molar-refractivity contribution < 1.29 is 4.79 Å². The lowest BCUT2D eigenvalue weighted by atomic mass is 9.92. The number of likely N-dealkylation sites (tertiary alicyclic amines) is 2. The van der Waals surface area contributed by atoms with E-state index in [2.05, 4.69) is 37.9 Å². The number of rotatable bonds is 3. The molecule has 122 valence electrons. The van der Waals surface area contributed by atoms with Crippen LogP contribution in [0.2, 0.25) is 0 Å². The lowest BCUT2D eigenvalue weighted by molar-refractivity contribution is 0.0909. The van der Waals surface area contributed by atoms with E-state index in [1.165, 1.54) is 38.8 Å². The summed E-state index contributed by atoms with van der Waals surface area (Å²) >= 11 is 0. The van der Waals surface area contributed by atoms with Crippen molar-refractivity contribution in [2.75, 3.05) is 32.7 Å². The molecule has 0 saturated carbocycles. The second-order valence-electron chi connectivity index (χ2n) is 7.87. The van der Waals surface area contributed by atoms with Crippen LogP contribution in [0.25, 0.3) is 0 Å². The van der Waals surface area contributed by atoms with Gasteiger partial charge in [0.15, 0.2) is 0 Å². The van der Waals surface area contributed by atoms with Gasteiger partial charge < -0.3 is 10.2 Å². The molecule has 4 nitrogen and oxygen atoms in total. The molecule has 2 saturated heterocycles. The molecule has 2 aliphatic heterocycles. The van der Waals surface area contributed by atoms with Crippen molar-refractivity contribution in [3.63, 3.8) is 0 Å². The number of nitrogens with one attached hydrogen (secondary N) is 1. The molecule has 0 bridgehead atoms. The fourth-order valence-corrected chi connectivity index (χ4v) is 3.84. The highest BCUT2D eigenvalue weighted by Crippen LogP contribution is 2.22. The Morgan fingerprint density at radius 2 is 1.67 bits per heavy atom. The number of carbonyl (C=O) groups excluding carboxylic acids is 1. The van der Waals surface area contributed by atoms with Crippen LogP contribution in [0.3, 0.4) is 0 Å². The normalized spacial score (nSPS) is 28.5. The topological polar surface area (TPSA) is 35.6 Å². The van der Waals surface area contributed by atoms with Crippen molar-refractivity contribution in [3.8, 4) is 0 Å². The highest BCUT2D eigenvalue weighted by Gasteiger charge is 2.30. The summed E-state index contributed by atoms with van der Waals surface area (Å²) in [6, 6.07) is 0.124. The van der Waals surface area contributed by atoms with Crippen molar-refractivity contribution in [2.45, 2.75) is 58.9 Å². The second-order valence-corrected chi connectivity index (χ2v) is 7.87. The Morgan fingerprint density at radius 3 is 2.24 bits per heavy atom. The highest BCUT2D eigenvalue weighted by molar-refractivity contribution is 5.74. The molecule has 2 fully saturated rings. The van der Waals surface area contributed by atoms with Gasteiger partial charge in [0, 0.05) is 25.2 Å². The van der Waals surface area contributed by atoms with E-state index in [0.717, 1.165) is 19.6 Å². The predicted octanol–water partition coefficient (Wildman–Crippen LogP) is 2.94. The van der Waals surface area contributed by atoms with Gasteiger partial charge in [-0.2, -0.15) is 0 Å². The molecule has 0 aromatic carbocycles. The van der Waals surface area contributed by atoms with Gasteiger partial charge in [-0.1, -0.05) is 20.3 Å². The molecule has 2 atom stereocenters. The van der Waals surface area contributed by atoms with Gasteiger partial charge in [0.25, 0.3) is 0 Å². The zero-order chi connectivity index (χ0) is 15.5. The van der Waals surface area contributed by atoms with Crippen LogP contribution in [0.4, 0.5) is 4.79 Å². The Kier molecular flexibility index (Phi) is 5.53. The molecule has 4 heteroatoms. The summed E-state index contributed by atoms with van der Waals surface area (Å²) in [6.45, 7) is 13.9. The molecule has 0 spiro atoms. The van der Waals surface area contributed by atoms with Crippen LogP contribution in [0.15, 0.2) is 0 Å². The summed E-state index contributed by atoms with van der Waals surface area (Å²) in [5.41, 5.74) is 0.0586. The van der Waals surface area contributed by atoms with E-state index in [-0.39, 0.29) is 11.6 Å². The molecular weight excluding hydrogens is 262 g/mol. The molecule has 0 aromatic rings. The molecule has 2 aliphatic rings. The monoisotopic (exact) mass is 295 g/mol. The van der Waals surface area contributed by atoms with Crippen molar-refractivity contribution in [1.82, 2.24) is 15.1 Å². The van der Waals surface area contributed by atoms with Crippen LogP contribution >= 0.6 is 0 Å². The number of piperidine rings is 2. The van der Waals surface area contributed by atoms with E-state index >= 15 is 0 Å². The molecule has 0 aromatic heterocycles. The molecule has 2 heterocycles. The Hall–Kier alpha value is -0.770. The van der Waals surface area contributed by atoms with Gasteiger partial charge >= 0.3 is 6.03 Å². The van der Waals surface area contributed by atoms with Gasteiger partial charge in [-0.05, 0) is 58.0 Å². The summed E-state index contributed by atoms with van der Waals surface area (Å²) in [4.78, 5) is 16.9. The van der Waals surface area contributed by atoms with Crippen molar-refractivity contribution in [2.24, 2.45) is 11.8 Å². The first-order chi connectivity index (χ1) is 9.88. The molecule has 2 unspecified atom stereocenters. The minimum Gasteiger partial charge on any atom is -0.336 e. The third kappa shape index (κ3) is 4.60. The number of nitrogens with zero attached hydrogens (tertiary/aromatic N) is 2. The molecule has 0 aliphatic carbocycles. The number of amides is 2. The molecule has 2 rings (SSSR count). The van der Waals surface area contributed by atoms with Crippen molar-refractivity contribution in [1.29, 1.82) is 0 Å². The number of hydrogen-bond donors (Lipinski definition) is 1. The average Bonchev–Trinajstić information content (AvgIpc) is 2.45. The molecular formula is C17H33N3O. The second kappa shape index (κ2) is 6.99. The fraction of sp³-hybridized carbons (Fsp3) is 0.941. The van der Waals surface area contributed by atoms with E-state index in [0.29, 0.717) is 11.8 Å². The Bertz CT molecular complexity index is 340. The average molecular weight is 295 g/mol. The Morgan fingerprint density at radius 1 is 1.10 bits per heavy atom. The van der Waals surface area contributed by atoms with Gasteiger partial charge in [0.1, 0.15) is 0 Å².